The summed E-state index contributed by atoms with van der Waals surface area (Å²) in [5.41, 5.74) is 6.27. The maximum absolute atomic E-state index is 9.48. The summed E-state index contributed by atoms with van der Waals surface area (Å²) in [4.78, 5) is 0. The van der Waals surface area contributed by atoms with Crippen LogP contribution >= 0.6 is 0 Å². The molecule has 0 saturated carbocycles. The van der Waals surface area contributed by atoms with Crippen LogP contribution in [-0.4, -0.2) is 34.3 Å². The van der Waals surface area contributed by atoms with E-state index in [1.54, 1.807) is 24.3 Å². The SMILES string of the molecule is Cc1cc(CNCc2ccccc2B(O)O)ccc1CNCc1ccccc1B(O)O. The van der Waals surface area contributed by atoms with Crippen molar-refractivity contribution in [3.8, 4) is 0 Å². The largest absolute Gasteiger partial charge is 0.488 e. The van der Waals surface area contributed by atoms with Gasteiger partial charge in [0.1, 0.15) is 0 Å². The summed E-state index contributed by atoms with van der Waals surface area (Å²) in [5, 5.41) is 44.6. The Balaban J connectivity index is 1.52. The molecule has 6 N–H and O–H groups in total. The van der Waals surface area contributed by atoms with Crippen LogP contribution in [0.4, 0.5) is 0 Å². The molecule has 0 fully saturated rings. The van der Waals surface area contributed by atoms with Gasteiger partial charge in [0, 0.05) is 26.2 Å². The number of hydrogen-bond donors (Lipinski definition) is 6. The summed E-state index contributed by atoms with van der Waals surface area (Å²) in [5.74, 6) is 0. The summed E-state index contributed by atoms with van der Waals surface area (Å²) in [6.45, 7) is 4.52. The van der Waals surface area contributed by atoms with Crippen LogP contribution in [0.3, 0.4) is 0 Å². The molecule has 0 bridgehead atoms. The molecule has 0 aliphatic carbocycles. The average Bonchev–Trinajstić information content (AvgIpc) is 2.75. The van der Waals surface area contributed by atoms with Crippen LogP contribution in [0.2, 0.25) is 0 Å². The molecule has 31 heavy (non-hydrogen) atoms. The van der Waals surface area contributed by atoms with E-state index in [0.717, 1.165) is 16.7 Å². The molecule has 0 saturated heterocycles. The Bertz CT molecular complexity index is 999. The predicted octanol–water partition coefficient (Wildman–Crippen LogP) is -0.0658. The lowest BCUT2D eigenvalue weighted by molar-refractivity contribution is 0.424. The Morgan fingerprint density at radius 1 is 0.613 bits per heavy atom. The van der Waals surface area contributed by atoms with E-state index in [-0.39, 0.29) is 0 Å². The Morgan fingerprint density at radius 3 is 1.61 bits per heavy atom. The molecular weight excluding hydrogens is 390 g/mol. The fourth-order valence-electron chi connectivity index (χ4n) is 3.63. The van der Waals surface area contributed by atoms with Crippen molar-refractivity contribution in [1.29, 1.82) is 0 Å². The fourth-order valence-corrected chi connectivity index (χ4v) is 3.63. The minimum absolute atomic E-state index is 0.517. The quantitative estimate of drug-likeness (QED) is 0.258. The van der Waals surface area contributed by atoms with Gasteiger partial charge in [-0.2, -0.15) is 0 Å². The third kappa shape index (κ3) is 6.51. The van der Waals surface area contributed by atoms with E-state index < -0.39 is 14.2 Å². The van der Waals surface area contributed by atoms with Gasteiger partial charge in [-0.25, -0.2) is 0 Å². The molecule has 6 nitrogen and oxygen atoms in total. The summed E-state index contributed by atoms with van der Waals surface area (Å²) >= 11 is 0. The Labute approximate surface area is 183 Å². The van der Waals surface area contributed by atoms with Gasteiger partial charge < -0.3 is 30.7 Å². The highest BCUT2D eigenvalue weighted by Gasteiger charge is 2.15. The molecular formula is C23H28B2N2O4. The van der Waals surface area contributed by atoms with Gasteiger partial charge in [0.15, 0.2) is 0 Å². The van der Waals surface area contributed by atoms with E-state index in [1.165, 1.54) is 11.1 Å². The van der Waals surface area contributed by atoms with Crippen LogP contribution in [0, 0.1) is 6.92 Å². The summed E-state index contributed by atoms with van der Waals surface area (Å²) in [6, 6.07) is 20.9. The first-order chi connectivity index (χ1) is 15.0. The topological polar surface area (TPSA) is 105 Å². The third-order valence-electron chi connectivity index (χ3n) is 5.35. The van der Waals surface area contributed by atoms with Gasteiger partial charge in [0.05, 0.1) is 0 Å². The van der Waals surface area contributed by atoms with E-state index >= 15 is 0 Å². The van der Waals surface area contributed by atoms with Gasteiger partial charge in [-0.3, -0.25) is 0 Å². The van der Waals surface area contributed by atoms with Crippen LogP contribution in [-0.2, 0) is 26.2 Å². The molecule has 0 unspecified atom stereocenters. The second kappa shape index (κ2) is 11.2. The van der Waals surface area contributed by atoms with Crippen LogP contribution in [0.5, 0.6) is 0 Å². The molecule has 0 radical (unpaired) electrons. The number of benzene rings is 3. The van der Waals surface area contributed by atoms with Crippen molar-refractivity contribution in [2.45, 2.75) is 33.1 Å². The van der Waals surface area contributed by atoms with Gasteiger partial charge in [-0.1, -0.05) is 66.7 Å². The lowest BCUT2D eigenvalue weighted by Gasteiger charge is -2.13. The first-order valence-corrected chi connectivity index (χ1v) is 10.3. The van der Waals surface area contributed by atoms with Gasteiger partial charge >= 0.3 is 14.2 Å². The van der Waals surface area contributed by atoms with Crippen molar-refractivity contribution in [2.24, 2.45) is 0 Å². The number of rotatable bonds is 10. The minimum Gasteiger partial charge on any atom is -0.423 e. The molecule has 0 spiro atoms. The van der Waals surface area contributed by atoms with Gasteiger partial charge in [-0.05, 0) is 45.7 Å². The second-order valence-electron chi connectivity index (χ2n) is 7.61. The van der Waals surface area contributed by atoms with Crippen molar-refractivity contribution in [3.05, 3.63) is 94.5 Å². The van der Waals surface area contributed by atoms with Crippen molar-refractivity contribution in [2.75, 3.05) is 0 Å². The van der Waals surface area contributed by atoms with E-state index in [0.29, 0.717) is 37.1 Å². The van der Waals surface area contributed by atoms with Crippen molar-refractivity contribution in [1.82, 2.24) is 10.6 Å². The zero-order valence-electron chi connectivity index (χ0n) is 17.6. The van der Waals surface area contributed by atoms with E-state index in [9.17, 15) is 20.1 Å². The van der Waals surface area contributed by atoms with Crippen molar-refractivity contribution >= 4 is 25.2 Å². The monoisotopic (exact) mass is 418 g/mol. The second-order valence-corrected chi connectivity index (χ2v) is 7.61. The van der Waals surface area contributed by atoms with Crippen molar-refractivity contribution in [3.63, 3.8) is 0 Å². The minimum atomic E-state index is -1.47. The van der Waals surface area contributed by atoms with Crippen LogP contribution in [0.1, 0.15) is 27.8 Å². The highest BCUT2D eigenvalue weighted by atomic mass is 16.4. The average molecular weight is 418 g/mol. The van der Waals surface area contributed by atoms with Crippen LogP contribution in [0.25, 0.3) is 0 Å². The molecule has 3 rings (SSSR count). The molecule has 3 aromatic carbocycles. The maximum atomic E-state index is 9.48. The zero-order chi connectivity index (χ0) is 22.2. The smallest absolute Gasteiger partial charge is 0.423 e. The number of nitrogens with one attached hydrogen (secondary N) is 2. The van der Waals surface area contributed by atoms with Gasteiger partial charge in [0.25, 0.3) is 0 Å². The normalized spacial score (nSPS) is 10.9. The summed E-state index contributed by atoms with van der Waals surface area (Å²) in [7, 11) is -2.95. The number of hydrogen-bond acceptors (Lipinski definition) is 6. The Morgan fingerprint density at radius 2 is 1.10 bits per heavy atom. The Hall–Kier alpha value is -2.45. The first kappa shape index (κ1) is 23.2. The predicted molar refractivity (Wildman–Crippen MR) is 125 cm³/mol. The van der Waals surface area contributed by atoms with Gasteiger partial charge in [0.2, 0.25) is 0 Å². The molecule has 0 heterocycles. The highest BCUT2D eigenvalue weighted by Crippen LogP contribution is 2.12. The molecule has 0 aliphatic rings. The molecule has 3 aromatic rings. The third-order valence-corrected chi connectivity index (χ3v) is 5.35. The highest BCUT2D eigenvalue weighted by molar-refractivity contribution is 6.59. The molecule has 0 aliphatic heterocycles. The lowest BCUT2D eigenvalue weighted by atomic mass is 9.77. The van der Waals surface area contributed by atoms with E-state index in [2.05, 4.69) is 35.8 Å². The molecule has 0 atom stereocenters. The molecule has 160 valence electrons. The van der Waals surface area contributed by atoms with Crippen LogP contribution < -0.4 is 21.6 Å². The lowest BCUT2D eigenvalue weighted by Crippen LogP contribution is -2.34. The molecule has 8 heteroatoms. The van der Waals surface area contributed by atoms with E-state index in [4.69, 9.17) is 0 Å². The van der Waals surface area contributed by atoms with E-state index in [1.807, 2.05) is 24.3 Å². The molecule has 0 amide bonds. The first-order valence-electron chi connectivity index (χ1n) is 10.3. The molecule has 0 aromatic heterocycles. The fraction of sp³-hybridized carbons (Fsp3) is 0.217. The summed E-state index contributed by atoms with van der Waals surface area (Å²) in [6.07, 6.45) is 0. The van der Waals surface area contributed by atoms with Gasteiger partial charge in [-0.15, -0.1) is 0 Å². The van der Waals surface area contributed by atoms with Crippen molar-refractivity contribution < 1.29 is 20.1 Å². The maximum Gasteiger partial charge on any atom is 0.488 e. The summed E-state index contributed by atoms with van der Waals surface area (Å²) < 4.78 is 0. The Kier molecular flexibility index (Phi) is 8.42. The standard InChI is InChI=1S/C23H28B2N2O4/c1-17-12-18(13-26-15-20-6-2-4-8-22(20)24(28)29)10-11-19(17)14-27-16-21-7-3-5-9-23(21)25(30)31/h2-12,26-31H,13-16H2,1H3. The zero-order valence-corrected chi connectivity index (χ0v) is 17.6. The van der Waals surface area contributed by atoms with Crippen LogP contribution in [0.15, 0.2) is 66.7 Å². The number of aryl methyl sites for hydroxylation is 1.